The Morgan fingerprint density at radius 2 is 2.35 bits per heavy atom. The molecule has 110 valence electrons. The van der Waals surface area contributed by atoms with Gasteiger partial charge in [0.2, 0.25) is 0 Å². The summed E-state index contributed by atoms with van der Waals surface area (Å²) < 4.78 is 2.25. The van der Waals surface area contributed by atoms with Gasteiger partial charge in [0.1, 0.15) is 0 Å². The molecule has 1 unspecified atom stereocenters. The van der Waals surface area contributed by atoms with Crippen LogP contribution in [0.3, 0.4) is 0 Å². The Balaban J connectivity index is 1.85. The van der Waals surface area contributed by atoms with E-state index < -0.39 is 0 Å². The third kappa shape index (κ3) is 2.56. The summed E-state index contributed by atoms with van der Waals surface area (Å²) in [5.41, 5.74) is 1.33. The van der Waals surface area contributed by atoms with Gasteiger partial charge in [0, 0.05) is 31.2 Å². The van der Waals surface area contributed by atoms with Crippen molar-refractivity contribution in [3.05, 3.63) is 17.3 Å². The van der Waals surface area contributed by atoms with E-state index in [4.69, 9.17) is 4.98 Å². The van der Waals surface area contributed by atoms with E-state index in [9.17, 15) is 0 Å². The number of thiazole rings is 1. The minimum Gasteiger partial charge on any atom is -0.355 e. The van der Waals surface area contributed by atoms with E-state index in [2.05, 4.69) is 40.0 Å². The van der Waals surface area contributed by atoms with Crippen LogP contribution in [0.2, 0.25) is 0 Å². The van der Waals surface area contributed by atoms with Gasteiger partial charge in [0.25, 0.3) is 0 Å². The van der Waals surface area contributed by atoms with Crippen LogP contribution in [-0.2, 0) is 6.54 Å². The molecule has 0 aliphatic carbocycles. The summed E-state index contributed by atoms with van der Waals surface area (Å²) in [5, 5.41) is 5.64. The Morgan fingerprint density at radius 3 is 3.10 bits per heavy atom. The van der Waals surface area contributed by atoms with Gasteiger partial charge in [-0.05, 0) is 25.3 Å². The van der Waals surface area contributed by atoms with Crippen molar-refractivity contribution in [2.45, 2.75) is 39.7 Å². The lowest BCUT2D eigenvalue weighted by Crippen LogP contribution is -2.23. The lowest BCUT2D eigenvalue weighted by molar-refractivity contribution is 0.568. The molecule has 0 amide bonds. The molecule has 1 aliphatic heterocycles. The molecule has 1 aliphatic rings. The first kappa shape index (κ1) is 13.9. The SMILES string of the molecule is CCCNCc1c(N2CCC(CC)C2)nc2sccn12. The minimum absolute atomic E-state index is 0.839. The summed E-state index contributed by atoms with van der Waals surface area (Å²) in [6, 6.07) is 0. The second-order valence-corrected chi connectivity index (χ2v) is 6.50. The molecule has 0 bridgehead atoms. The number of nitrogens with one attached hydrogen (secondary N) is 1. The molecule has 5 heteroatoms. The number of aromatic nitrogens is 2. The first-order valence-electron chi connectivity index (χ1n) is 7.73. The van der Waals surface area contributed by atoms with Crippen LogP contribution in [0.4, 0.5) is 5.82 Å². The Morgan fingerprint density at radius 1 is 1.45 bits per heavy atom. The van der Waals surface area contributed by atoms with Gasteiger partial charge >= 0.3 is 0 Å². The van der Waals surface area contributed by atoms with E-state index in [1.54, 1.807) is 11.3 Å². The van der Waals surface area contributed by atoms with Crippen LogP contribution < -0.4 is 10.2 Å². The van der Waals surface area contributed by atoms with Gasteiger partial charge in [0.15, 0.2) is 10.8 Å². The monoisotopic (exact) mass is 292 g/mol. The molecule has 1 fully saturated rings. The van der Waals surface area contributed by atoms with Gasteiger partial charge in [-0.1, -0.05) is 20.3 Å². The summed E-state index contributed by atoms with van der Waals surface area (Å²) in [4.78, 5) is 8.47. The summed E-state index contributed by atoms with van der Waals surface area (Å²) >= 11 is 1.72. The van der Waals surface area contributed by atoms with Crippen molar-refractivity contribution >= 4 is 22.1 Å². The molecular weight excluding hydrogens is 268 g/mol. The molecule has 0 saturated carbocycles. The number of hydrogen-bond acceptors (Lipinski definition) is 4. The molecule has 0 radical (unpaired) electrons. The van der Waals surface area contributed by atoms with Crippen LogP contribution in [0.15, 0.2) is 11.6 Å². The molecule has 1 N–H and O–H groups in total. The van der Waals surface area contributed by atoms with Crippen LogP contribution >= 0.6 is 11.3 Å². The van der Waals surface area contributed by atoms with Gasteiger partial charge in [-0.2, -0.15) is 0 Å². The summed E-state index contributed by atoms with van der Waals surface area (Å²) in [6.45, 7) is 8.80. The van der Waals surface area contributed by atoms with Crippen LogP contribution in [0.5, 0.6) is 0 Å². The average Bonchev–Trinajstić information content (AvgIpc) is 3.14. The van der Waals surface area contributed by atoms with Crippen LogP contribution in [0.1, 0.15) is 38.8 Å². The van der Waals surface area contributed by atoms with Gasteiger partial charge < -0.3 is 10.2 Å². The number of imidazole rings is 1. The maximum Gasteiger partial charge on any atom is 0.195 e. The highest BCUT2D eigenvalue weighted by molar-refractivity contribution is 7.15. The standard InChI is InChI=1S/C15H24N4S/c1-3-6-16-10-13-14(17-15-19(13)8-9-20-15)18-7-5-12(4-2)11-18/h8-9,12,16H,3-7,10-11H2,1-2H3. The van der Waals surface area contributed by atoms with E-state index in [1.807, 2.05) is 0 Å². The van der Waals surface area contributed by atoms with Gasteiger partial charge in [-0.3, -0.25) is 4.40 Å². The fourth-order valence-corrected chi connectivity index (χ4v) is 3.71. The molecule has 0 spiro atoms. The predicted molar refractivity (Wildman–Crippen MR) is 85.7 cm³/mol. The third-order valence-electron chi connectivity index (χ3n) is 4.22. The topological polar surface area (TPSA) is 32.6 Å². The molecule has 1 saturated heterocycles. The van der Waals surface area contributed by atoms with Gasteiger partial charge in [-0.15, -0.1) is 11.3 Å². The van der Waals surface area contributed by atoms with Crippen LogP contribution in [0, 0.1) is 5.92 Å². The highest BCUT2D eigenvalue weighted by atomic mass is 32.1. The van der Waals surface area contributed by atoms with Crippen LogP contribution in [-0.4, -0.2) is 29.0 Å². The van der Waals surface area contributed by atoms with Crippen molar-refractivity contribution in [3.63, 3.8) is 0 Å². The number of rotatable bonds is 6. The van der Waals surface area contributed by atoms with Crippen molar-refractivity contribution in [1.82, 2.24) is 14.7 Å². The molecule has 2 aromatic rings. The zero-order chi connectivity index (χ0) is 13.9. The Kier molecular flexibility index (Phi) is 4.27. The molecule has 3 heterocycles. The largest absolute Gasteiger partial charge is 0.355 e. The maximum absolute atomic E-state index is 4.87. The van der Waals surface area contributed by atoms with E-state index in [0.29, 0.717) is 0 Å². The molecule has 3 rings (SSSR count). The van der Waals surface area contributed by atoms with E-state index in [-0.39, 0.29) is 0 Å². The number of hydrogen-bond donors (Lipinski definition) is 1. The summed E-state index contributed by atoms with van der Waals surface area (Å²) in [7, 11) is 0. The lowest BCUT2D eigenvalue weighted by Gasteiger charge is -2.18. The minimum atomic E-state index is 0.839. The summed E-state index contributed by atoms with van der Waals surface area (Å²) in [5.74, 6) is 2.04. The van der Waals surface area contributed by atoms with E-state index in [0.717, 1.165) is 30.5 Å². The zero-order valence-corrected chi connectivity index (χ0v) is 13.2. The molecule has 1 atom stereocenters. The predicted octanol–water partition coefficient (Wildman–Crippen LogP) is 3.13. The fourth-order valence-electron chi connectivity index (χ4n) is 2.98. The summed E-state index contributed by atoms with van der Waals surface area (Å²) in [6.07, 6.45) is 5.90. The van der Waals surface area contributed by atoms with Crippen molar-refractivity contribution in [2.75, 3.05) is 24.5 Å². The maximum atomic E-state index is 4.87. The fraction of sp³-hybridized carbons (Fsp3) is 0.667. The molecule has 20 heavy (non-hydrogen) atoms. The normalized spacial score (nSPS) is 19.3. The highest BCUT2D eigenvalue weighted by Gasteiger charge is 2.26. The van der Waals surface area contributed by atoms with Crippen LogP contribution in [0.25, 0.3) is 4.96 Å². The van der Waals surface area contributed by atoms with Gasteiger partial charge in [0.05, 0.1) is 5.69 Å². The number of fused-ring (bicyclic) bond motifs is 1. The molecule has 2 aromatic heterocycles. The Hall–Kier alpha value is -1.07. The molecule has 4 nitrogen and oxygen atoms in total. The second kappa shape index (κ2) is 6.14. The highest BCUT2D eigenvalue weighted by Crippen LogP contribution is 2.30. The van der Waals surface area contributed by atoms with Crippen molar-refractivity contribution in [2.24, 2.45) is 5.92 Å². The van der Waals surface area contributed by atoms with E-state index >= 15 is 0 Å². The van der Waals surface area contributed by atoms with Gasteiger partial charge in [-0.25, -0.2) is 4.98 Å². The zero-order valence-electron chi connectivity index (χ0n) is 12.4. The third-order valence-corrected chi connectivity index (χ3v) is 4.98. The molecule has 0 aromatic carbocycles. The first-order chi connectivity index (χ1) is 9.83. The van der Waals surface area contributed by atoms with Crippen molar-refractivity contribution in [1.29, 1.82) is 0 Å². The number of anilines is 1. The van der Waals surface area contributed by atoms with Crippen molar-refractivity contribution in [3.8, 4) is 0 Å². The smallest absolute Gasteiger partial charge is 0.195 e. The quantitative estimate of drug-likeness (QED) is 0.830. The van der Waals surface area contributed by atoms with E-state index in [1.165, 1.54) is 37.3 Å². The lowest BCUT2D eigenvalue weighted by atomic mass is 10.1. The Labute approximate surface area is 124 Å². The number of nitrogens with zero attached hydrogens (tertiary/aromatic N) is 3. The van der Waals surface area contributed by atoms with Crippen molar-refractivity contribution < 1.29 is 0 Å². The Bertz CT molecular complexity index is 559. The average molecular weight is 292 g/mol. The second-order valence-electron chi connectivity index (χ2n) is 5.62. The first-order valence-corrected chi connectivity index (χ1v) is 8.61. The molecular formula is C15H24N4S.